The minimum Gasteiger partial charge on any atom is -0.396 e. The molecule has 0 radical (unpaired) electrons. The number of nitrogens with one attached hydrogen (secondary N) is 2. The van der Waals surface area contributed by atoms with Gasteiger partial charge in [-0.1, -0.05) is 12.2 Å². The molecule has 0 aliphatic rings. The lowest BCUT2D eigenvalue weighted by Crippen LogP contribution is -2.09. The fraction of sp³-hybridized carbons (Fsp3) is 0.250. The molecule has 0 amide bonds. The van der Waals surface area contributed by atoms with E-state index in [1.807, 2.05) is 0 Å². The van der Waals surface area contributed by atoms with Crippen LogP contribution in [0.15, 0.2) is 17.1 Å². The molecule has 1 heterocycles. The maximum Gasteiger partial charge on any atom is 0.258 e. The second-order valence-corrected chi connectivity index (χ2v) is 2.85. The molecule has 3 N–H and O–H groups in total. The zero-order valence-corrected chi connectivity index (χ0v) is 7.73. The van der Waals surface area contributed by atoms with E-state index < -0.39 is 0 Å². The zero-order chi connectivity index (χ0) is 9.68. The number of rotatable bonds is 3. The molecule has 70 valence electrons. The van der Waals surface area contributed by atoms with Crippen LogP contribution in [0.4, 0.5) is 0 Å². The Balaban J connectivity index is 2.90. The number of aliphatic hydroxyl groups excluding tert-OH is 1. The highest BCUT2D eigenvalue weighted by Crippen LogP contribution is 1.92. The molecule has 1 aromatic heterocycles. The van der Waals surface area contributed by atoms with Gasteiger partial charge < -0.3 is 10.1 Å². The summed E-state index contributed by atoms with van der Waals surface area (Å²) >= 11 is 4.72. The molecular weight excluding hydrogens is 188 g/mol. The van der Waals surface area contributed by atoms with Gasteiger partial charge in [0.1, 0.15) is 0 Å². The summed E-state index contributed by atoms with van der Waals surface area (Å²) in [4.78, 5) is 16.3. The summed E-state index contributed by atoms with van der Waals surface area (Å²) in [5.41, 5.74) is 0.278. The van der Waals surface area contributed by atoms with Gasteiger partial charge in [0, 0.05) is 12.8 Å². The number of hydrogen-bond donors (Lipinski definition) is 3. The summed E-state index contributed by atoms with van der Waals surface area (Å²) in [5, 5.41) is 8.50. The van der Waals surface area contributed by atoms with Gasteiger partial charge in [-0.25, -0.2) is 0 Å². The smallest absolute Gasteiger partial charge is 0.258 e. The van der Waals surface area contributed by atoms with Crippen LogP contribution in [0.5, 0.6) is 0 Å². The minimum atomic E-state index is -0.224. The van der Waals surface area contributed by atoms with Crippen LogP contribution in [0.1, 0.15) is 12.0 Å². The van der Waals surface area contributed by atoms with Crippen LogP contribution >= 0.6 is 12.2 Å². The predicted molar refractivity (Wildman–Crippen MR) is 53.0 cm³/mol. The van der Waals surface area contributed by atoms with Gasteiger partial charge >= 0.3 is 0 Å². The Morgan fingerprint density at radius 2 is 2.38 bits per heavy atom. The van der Waals surface area contributed by atoms with Gasteiger partial charge in [-0.05, 0) is 18.6 Å². The number of H-pyrrole nitrogens is 2. The van der Waals surface area contributed by atoms with E-state index in [1.165, 1.54) is 6.20 Å². The lowest BCUT2D eigenvalue weighted by molar-refractivity contribution is 0.303. The maximum absolute atomic E-state index is 11.2. The van der Waals surface area contributed by atoms with Crippen LogP contribution in [0.2, 0.25) is 0 Å². The van der Waals surface area contributed by atoms with E-state index in [-0.39, 0.29) is 12.2 Å². The Morgan fingerprint density at radius 1 is 1.62 bits per heavy atom. The van der Waals surface area contributed by atoms with Crippen molar-refractivity contribution < 1.29 is 5.11 Å². The molecule has 0 unspecified atom stereocenters. The first-order valence-corrected chi connectivity index (χ1v) is 4.24. The third-order valence-electron chi connectivity index (χ3n) is 1.44. The first-order valence-electron chi connectivity index (χ1n) is 3.83. The molecule has 0 aromatic carbocycles. The van der Waals surface area contributed by atoms with Crippen LogP contribution in [0, 0.1) is 4.77 Å². The fourth-order valence-corrected chi connectivity index (χ4v) is 0.980. The Labute approximate surface area is 80.0 Å². The molecule has 0 fully saturated rings. The molecule has 0 aliphatic carbocycles. The molecule has 13 heavy (non-hydrogen) atoms. The van der Waals surface area contributed by atoms with Crippen molar-refractivity contribution in [3.8, 4) is 0 Å². The normalized spacial score (nSPS) is 10.8. The van der Waals surface area contributed by atoms with Gasteiger partial charge in [-0.3, -0.25) is 9.78 Å². The van der Waals surface area contributed by atoms with Crippen molar-refractivity contribution in [1.29, 1.82) is 0 Å². The van der Waals surface area contributed by atoms with Crippen LogP contribution in [-0.4, -0.2) is 21.7 Å². The van der Waals surface area contributed by atoms with Crippen molar-refractivity contribution in [3.63, 3.8) is 0 Å². The molecule has 0 atom stereocenters. The largest absolute Gasteiger partial charge is 0.396 e. The van der Waals surface area contributed by atoms with Gasteiger partial charge in [0.05, 0.1) is 5.56 Å². The van der Waals surface area contributed by atoms with E-state index in [9.17, 15) is 4.79 Å². The molecular formula is C8H10N2O2S. The van der Waals surface area contributed by atoms with Crippen LogP contribution in [-0.2, 0) is 0 Å². The van der Waals surface area contributed by atoms with Gasteiger partial charge in [-0.15, -0.1) is 0 Å². The zero-order valence-electron chi connectivity index (χ0n) is 6.91. The molecule has 4 nitrogen and oxygen atoms in total. The molecule has 0 saturated carbocycles. The fourth-order valence-electron chi connectivity index (χ4n) is 0.829. The third-order valence-corrected chi connectivity index (χ3v) is 1.66. The van der Waals surface area contributed by atoms with Crippen molar-refractivity contribution in [3.05, 3.63) is 33.0 Å². The van der Waals surface area contributed by atoms with Crippen molar-refractivity contribution in [2.45, 2.75) is 6.42 Å². The Bertz CT molecular complexity index is 405. The molecule has 0 saturated heterocycles. The van der Waals surface area contributed by atoms with Crippen LogP contribution < -0.4 is 5.56 Å². The Hall–Kier alpha value is -1.20. The topological polar surface area (TPSA) is 68.9 Å². The van der Waals surface area contributed by atoms with E-state index in [4.69, 9.17) is 17.3 Å². The standard InChI is InChI=1S/C8H10N2O2S/c11-4-2-1-3-6-5-9-8(13)10-7(6)12/h1,3,5,11H,2,4H2,(H2,9,10,12,13)/b3-1-. The van der Waals surface area contributed by atoms with Gasteiger partial charge in [0.2, 0.25) is 0 Å². The minimum absolute atomic E-state index is 0.0806. The summed E-state index contributed by atoms with van der Waals surface area (Å²) in [7, 11) is 0. The Morgan fingerprint density at radius 3 is 3.00 bits per heavy atom. The maximum atomic E-state index is 11.2. The van der Waals surface area contributed by atoms with Gasteiger partial charge in [0.25, 0.3) is 5.56 Å². The molecule has 1 aromatic rings. The molecule has 0 aliphatic heterocycles. The third kappa shape index (κ3) is 2.96. The predicted octanol–water partition coefficient (Wildman–Crippen LogP) is 0.828. The summed E-state index contributed by atoms with van der Waals surface area (Å²) < 4.78 is 0.310. The van der Waals surface area contributed by atoms with Crippen LogP contribution in [0.25, 0.3) is 6.08 Å². The van der Waals surface area contributed by atoms with Gasteiger partial charge in [0.15, 0.2) is 4.77 Å². The molecule has 0 spiro atoms. The average Bonchev–Trinajstić information content (AvgIpc) is 2.09. The lowest BCUT2D eigenvalue weighted by atomic mass is 10.3. The van der Waals surface area contributed by atoms with E-state index in [0.717, 1.165) is 0 Å². The van der Waals surface area contributed by atoms with E-state index >= 15 is 0 Å². The number of hydrogen-bond acceptors (Lipinski definition) is 3. The highest BCUT2D eigenvalue weighted by atomic mass is 32.1. The van der Waals surface area contributed by atoms with Crippen molar-refractivity contribution in [2.24, 2.45) is 0 Å². The summed E-state index contributed by atoms with van der Waals surface area (Å²) in [6, 6.07) is 0. The van der Waals surface area contributed by atoms with Crippen molar-refractivity contribution >= 4 is 18.3 Å². The van der Waals surface area contributed by atoms with E-state index in [1.54, 1.807) is 12.2 Å². The molecule has 1 rings (SSSR count). The van der Waals surface area contributed by atoms with E-state index in [2.05, 4.69) is 9.97 Å². The SMILES string of the molecule is O=c1[nH]c(=S)[nH]cc1/C=C\CCO. The molecule has 0 bridgehead atoms. The summed E-state index contributed by atoms with van der Waals surface area (Å²) in [6.07, 6.45) is 5.44. The summed E-state index contributed by atoms with van der Waals surface area (Å²) in [5.74, 6) is 0. The second kappa shape index (κ2) is 4.74. The average molecular weight is 198 g/mol. The lowest BCUT2D eigenvalue weighted by Gasteiger charge is -1.90. The highest BCUT2D eigenvalue weighted by Gasteiger charge is 1.92. The first-order chi connectivity index (χ1) is 6.24. The summed E-state index contributed by atoms with van der Waals surface area (Å²) in [6.45, 7) is 0.0806. The van der Waals surface area contributed by atoms with Gasteiger partial charge in [-0.2, -0.15) is 0 Å². The van der Waals surface area contributed by atoms with E-state index in [0.29, 0.717) is 16.8 Å². The first kappa shape index (κ1) is 9.88. The Kier molecular flexibility index (Phi) is 3.60. The number of aromatic nitrogens is 2. The highest BCUT2D eigenvalue weighted by molar-refractivity contribution is 7.71. The quantitative estimate of drug-likeness (QED) is 0.630. The number of aromatic amines is 2. The van der Waals surface area contributed by atoms with Crippen molar-refractivity contribution in [1.82, 2.24) is 9.97 Å². The number of aliphatic hydroxyl groups is 1. The molecule has 5 heteroatoms. The monoisotopic (exact) mass is 198 g/mol. The van der Waals surface area contributed by atoms with Crippen molar-refractivity contribution in [2.75, 3.05) is 6.61 Å². The van der Waals surface area contributed by atoms with Crippen LogP contribution in [0.3, 0.4) is 0 Å². The second-order valence-electron chi connectivity index (χ2n) is 2.44.